The Bertz CT molecular complexity index is 956. The quantitative estimate of drug-likeness (QED) is 0.565. The van der Waals surface area contributed by atoms with Gasteiger partial charge >= 0.3 is 0 Å². The summed E-state index contributed by atoms with van der Waals surface area (Å²) in [5.74, 6) is 0.537. The number of rotatable bonds is 5. The number of carbonyl (C=O) groups excluding carboxylic acids is 1. The first-order valence-electron chi connectivity index (χ1n) is 8.03. The summed E-state index contributed by atoms with van der Waals surface area (Å²) in [6.45, 7) is 6.00. The molecule has 134 valence electrons. The molecule has 0 unspecified atom stereocenters. The first-order chi connectivity index (χ1) is 12.4. The normalized spacial score (nSPS) is 10.8. The Kier molecular flexibility index (Phi) is 5.78. The van der Waals surface area contributed by atoms with Crippen LogP contribution < -0.4 is 5.32 Å². The average Bonchev–Trinajstić information content (AvgIpc) is 3.10. The Morgan fingerprint density at radius 3 is 2.73 bits per heavy atom. The summed E-state index contributed by atoms with van der Waals surface area (Å²) in [6.07, 6.45) is 0. The van der Waals surface area contributed by atoms with Gasteiger partial charge in [-0.25, -0.2) is 0 Å². The van der Waals surface area contributed by atoms with Gasteiger partial charge in [-0.15, -0.1) is 10.2 Å². The molecule has 0 spiro atoms. The first-order valence-corrected chi connectivity index (χ1v) is 9.81. The lowest BCUT2D eigenvalue weighted by Crippen LogP contribution is -2.15. The van der Waals surface area contributed by atoms with Crippen LogP contribution >= 0.6 is 27.7 Å². The topological polar surface area (TPSA) is 68.0 Å². The van der Waals surface area contributed by atoms with Crippen molar-refractivity contribution in [2.24, 2.45) is 0 Å². The van der Waals surface area contributed by atoms with Crippen LogP contribution in [0.2, 0.25) is 0 Å². The third-order valence-corrected chi connectivity index (χ3v) is 5.67. The summed E-state index contributed by atoms with van der Waals surface area (Å²) in [7, 11) is 0. The Morgan fingerprint density at radius 1 is 1.15 bits per heavy atom. The highest BCUT2D eigenvalue weighted by atomic mass is 79.9. The van der Waals surface area contributed by atoms with Crippen molar-refractivity contribution in [3.8, 4) is 11.5 Å². The van der Waals surface area contributed by atoms with Crippen LogP contribution in [0.3, 0.4) is 0 Å². The molecule has 0 aliphatic heterocycles. The molecule has 0 saturated heterocycles. The lowest BCUT2D eigenvalue weighted by atomic mass is 10.1. The smallest absolute Gasteiger partial charge is 0.277 e. The predicted molar refractivity (Wildman–Crippen MR) is 107 cm³/mol. The summed E-state index contributed by atoms with van der Waals surface area (Å²) >= 11 is 4.71. The molecule has 0 atom stereocenters. The first kappa shape index (κ1) is 18.7. The summed E-state index contributed by atoms with van der Waals surface area (Å²) in [5, 5.41) is 11.4. The molecule has 7 heteroatoms. The van der Waals surface area contributed by atoms with Gasteiger partial charge in [0.1, 0.15) is 0 Å². The number of benzene rings is 2. The van der Waals surface area contributed by atoms with Crippen LogP contribution in [0.15, 0.2) is 50.5 Å². The molecule has 0 fully saturated rings. The molecule has 1 amide bonds. The largest absolute Gasteiger partial charge is 0.411 e. The van der Waals surface area contributed by atoms with Crippen LogP contribution in [0.25, 0.3) is 11.5 Å². The summed E-state index contributed by atoms with van der Waals surface area (Å²) in [4.78, 5) is 12.2. The van der Waals surface area contributed by atoms with Gasteiger partial charge < -0.3 is 9.73 Å². The van der Waals surface area contributed by atoms with Crippen LogP contribution in [0, 0.1) is 20.8 Å². The van der Waals surface area contributed by atoms with E-state index in [0.717, 1.165) is 32.4 Å². The number of nitrogens with one attached hydrogen (secondary N) is 1. The number of halogens is 1. The standard InChI is InChI=1S/C19H18BrN3O2S/c1-11-5-4-6-14(9-11)18-22-23-19(25-18)26-10-17(24)21-16-8-7-15(20)12(2)13(16)3/h4-9H,10H2,1-3H3,(H,21,24). The van der Waals surface area contributed by atoms with Gasteiger partial charge in [-0.3, -0.25) is 4.79 Å². The fraction of sp³-hybridized carbons (Fsp3) is 0.211. The molecule has 2 aromatic carbocycles. The molecule has 0 bridgehead atoms. The summed E-state index contributed by atoms with van der Waals surface area (Å²) in [6, 6.07) is 11.7. The fourth-order valence-electron chi connectivity index (χ4n) is 2.40. The highest BCUT2D eigenvalue weighted by molar-refractivity contribution is 9.10. The molecule has 0 saturated carbocycles. The van der Waals surface area contributed by atoms with E-state index in [1.165, 1.54) is 11.8 Å². The number of hydrogen-bond donors (Lipinski definition) is 1. The van der Waals surface area contributed by atoms with Crippen molar-refractivity contribution in [3.63, 3.8) is 0 Å². The second-order valence-corrected chi connectivity index (χ2v) is 7.71. The zero-order valence-corrected chi connectivity index (χ0v) is 17.1. The molecular weight excluding hydrogens is 414 g/mol. The maximum atomic E-state index is 12.2. The number of hydrogen-bond acceptors (Lipinski definition) is 5. The predicted octanol–water partition coefficient (Wildman–Crippen LogP) is 5.16. The van der Waals surface area contributed by atoms with E-state index in [1.807, 2.05) is 57.2 Å². The van der Waals surface area contributed by atoms with E-state index in [-0.39, 0.29) is 11.7 Å². The van der Waals surface area contributed by atoms with E-state index >= 15 is 0 Å². The van der Waals surface area contributed by atoms with Gasteiger partial charge in [0.25, 0.3) is 5.22 Å². The number of thioether (sulfide) groups is 1. The zero-order chi connectivity index (χ0) is 18.7. The van der Waals surface area contributed by atoms with Gasteiger partial charge in [0, 0.05) is 15.7 Å². The van der Waals surface area contributed by atoms with Crippen LogP contribution in [0.5, 0.6) is 0 Å². The molecule has 3 aromatic rings. The SMILES string of the molecule is Cc1cccc(-c2nnc(SCC(=O)Nc3ccc(Br)c(C)c3C)o2)c1. The van der Waals surface area contributed by atoms with Crippen molar-refractivity contribution in [3.05, 3.63) is 57.6 Å². The van der Waals surface area contributed by atoms with Gasteiger partial charge in [0.05, 0.1) is 5.75 Å². The molecule has 0 aliphatic carbocycles. The minimum Gasteiger partial charge on any atom is -0.411 e. The third kappa shape index (κ3) is 4.34. The fourth-order valence-corrected chi connectivity index (χ4v) is 3.39. The Labute approximate surface area is 164 Å². The molecule has 26 heavy (non-hydrogen) atoms. The van der Waals surface area contributed by atoms with Crippen molar-refractivity contribution in [2.75, 3.05) is 11.1 Å². The lowest BCUT2D eigenvalue weighted by molar-refractivity contribution is -0.113. The Morgan fingerprint density at radius 2 is 1.96 bits per heavy atom. The number of aryl methyl sites for hydroxylation is 1. The van der Waals surface area contributed by atoms with Crippen LogP contribution in [0.4, 0.5) is 5.69 Å². The van der Waals surface area contributed by atoms with E-state index in [9.17, 15) is 4.79 Å². The molecular formula is C19H18BrN3O2S. The number of amides is 1. The van der Waals surface area contributed by atoms with Gasteiger partial charge in [-0.2, -0.15) is 0 Å². The zero-order valence-electron chi connectivity index (χ0n) is 14.7. The number of nitrogens with zero attached hydrogens (tertiary/aromatic N) is 2. The van der Waals surface area contributed by atoms with E-state index in [1.54, 1.807) is 0 Å². The van der Waals surface area contributed by atoms with Crippen molar-refractivity contribution < 1.29 is 9.21 Å². The molecule has 1 N–H and O–H groups in total. The van der Waals surface area contributed by atoms with Gasteiger partial charge in [0.15, 0.2) is 0 Å². The molecule has 0 radical (unpaired) electrons. The van der Waals surface area contributed by atoms with Crippen molar-refractivity contribution >= 4 is 39.3 Å². The monoisotopic (exact) mass is 431 g/mol. The van der Waals surface area contributed by atoms with E-state index in [2.05, 4.69) is 31.4 Å². The molecule has 0 aliphatic rings. The van der Waals surface area contributed by atoms with E-state index < -0.39 is 0 Å². The highest BCUT2D eigenvalue weighted by Crippen LogP contribution is 2.27. The second-order valence-electron chi connectivity index (χ2n) is 5.92. The molecule has 3 rings (SSSR count). The van der Waals surface area contributed by atoms with Gasteiger partial charge in [-0.1, -0.05) is 45.4 Å². The van der Waals surface area contributed by atoms with Crippen molar-refractivity contribution in [2.45, 2.75) is 26.0 Å². The average molecular weight is 432 g/mol. The number of aromatic nitrogens is 2. The van der Waals surface area contributed by atoms with E-state index in [4.69, 9.17) is 4.42 Å². The number of anilines is 1. The molecule has 1 aromatic heterocycles. The Hall–Kier alpha value is -2.12. The maximum absolute atomic E-state index is 12.2. The molecule has 1 heterocycles. The van der Waals surface area contributed by atoms with Crippen LogP contribution in [-0.4, -0.2) is 21.9 Å². The minimum atomic E-state index is -0.116. The number of carbonyl (C=O) groups is 1. The Balaban J connectivity index is 1.61. The van der Waals surface area contributed by atoms with Crippen molar-refractivity contribution in [1.29, 1.82) is 0 Å². The summed E-state index contributed by atoms with van der Waals surface area (Å²) < 4.78 is 6.66. The third-order valence-electron chi connectivity index (χ3n) is 3.99. The minimum absolute atomic E-state index is 0.116. The lowest BCUT2D eigenvalue weighted by Gasteiger charge is -2.11. The summed E-state index contributed by atoms with van der Waals surface area (Å²) in [5.41, 5.74) is 4.94. The maximum Gasteiger partial charge on any atom is 0.277 e. The van der Waals surface area contributed by atoms with Crippen LogP contribution in [-0.2, 0) is 4.79 Å². The van der Waals surface area contributed by atoms with E-state index in [0.29, 0.717) is 11.1 Å². The highest BCUT2D eigenvalue weighted by Gasteiger charge is 2.13. The van der Waals surface area contributed by atoms with Crippen molar-refractivity contribution in [1.82, 2.24) is 10.2 Å². The van der Waals surface area contributed by atoms with Gasteiger partial charge in [-0.05, 0) is 56.2 Å². The van der Waals surface area contributed by atoms with Gasteiger partial charge in [0.2, 0.25) is 11.8 Å². The molecule has 5 nitrogen and oxygen atoms in total. The van der Waals surface area contributed by atoms with Crippen LogP contribution in [0.1, 0.15) is 16.7 Å². The second kappa shape index (κ2) is 8.05.